The quantitative estimate of drug-likeness (QED) is 0.606. The molecule has 5 nitrogen and oxygen atoms in total. The topological polar surface area (TPSA) is 67.4 Å². The van der Waals surface area contributed by atoms with E-state index in [4.69, 9.17) is 4.74 Å². The monoisotopic (exact) mass is 384 g/mol. The van der Waals surface area contributed by atoms with Gasteiger partial charge in [0.25, 0.3) is 11.8 Å². The molecule has 7 heteroatoms. The predicted octanol–water partition coefficient (Wildman–Crippen LogP) is 3.95. The van der Waals surface area contributed by atoms with Crippen molar-refractivity contribution in [1.82, 2.24) is 5.32 Å². The van der Waals surface area contributed by atoms with Crippen molar-refractivity contribution < 1.29 is 18.7 Å². The van der Waals surface area contributed by atoms with Crippen LogP contribution in [-0.2, 0) is 0 Å². The van der Waals surface area contributed by atoms with Gasteiger partial charge in [-0.1, -0.05) is 18.2 Å². The highest BCUT2D eigenvalue weighted by Crippen LogP contribution is 2.15. The number of hydrogen-bond donors (Lipinski definition) is 2. The maximum absolute atomic E-state index is 13.4. The molecule has 0 aliphatic heterocycles. The van der Waals surface area contributed by atoms with Crippen LogP contribution in [0.4, 0.5) is 10.1 Å². The van der Waals surface area contributed by atoms with Gasteiger partial charge in [-0.15, -0.1) is 11.3 Å². The number of para-hydroxylation sites is 1. The molecule has 0 bridgehead atoms. The van der Waals surface area contributed by atoms with Crippen LogP contribution in [-0.4, -0.2) is 25.0 Å². The molecule has 0 aliphatic carbocycles. The number of thiophene rings is 1. The lowest BCUT2D eigenvalue weighted by Gasteiger charge is -2.09. The zero-order chi connectivity index (χ0) is 19.1. The van der Waals surface area contributed by atoms with E-state index in [0.29, 0.717) is 16.1 Å². The normalized spacial score (nSPS) is 10.3. The van der Waals surface area contributed by atoms with Gasteiger partial charge in [-0.25, -0.2) is 4.39 Å². The Hall–Kier alpha value is -3.19. The number of carbonyl (C=O) groups is 2. The third-order valence-corrected chi connectivity index (χ3v) is 4.50. The maximum Gasteiger partial charge on any atom is 0.265 e. The Balaban J connectivity index is 1.46. The lowest BCUT2D eigenvalue weighted by atomic mass is 10.2. The van der Waals surface area contributed by atoms with Crippen LogP contribution >= 0.6 is 11.3 Å². The Kier molecular flexibility index (Phi) is 6.17. The summed E-state index contributed by atoms with van der Waals surface area (Å²) in [5.41, 5.74) is 1.06. The summed E-state index contributed by atoms with van der Waals surface area (Å²) in [4.78, 5) is 24.7. The third kappa shape index (κ3) is 5.15. The van der Waals surface area contributed by atoms with Crippen molar-refractivity contribution in [2.24, 2.45) is 0 Å². The molecular formula is C20H17FN2O3S. The van der Waals surface area contributed by atoms with E-state index in [1.807, 2.05) is 11.4 Å². The number of hydrogen-bond acceptors (Lipinski definition) is 4. The van der Waals surface area contributed by atoms with E-state index in [-0.39, 0.29) is 30.7 Å². The van der Waals surface area contributed by atoms with Gasteiger partial charge in [-0.05, 0) is 47.8 Å². The lowest BCUT2D eigenvalue weighted by Crippen LogP contribution is -2.28. The van der Waals surface area contributed by atoms with Gasteiger partial charge in [0.2, 0.25) is 0 Å². The average molecular weight is 384 g/mol. The van der Waals surface area contributed by atoms with Gasteiger partial charge in [0.1, 0.15) is 6.61 Å². The highest BCUT2D eigenvalue weighted by atomic mass is 32.1. The second kappa shape index (κ2) is 8.95. The van der Waals surface area contributed by atoms with Gasteiger partial charge in [0.05, 0.1) is 11.4 Å². The minimum Gasteiger partial charge on any atom is -0.489 e. The van der Waals surface area contributed by atoms with Crippen molar-refractivity contribution in [2.75, 3.05) is 18.5 Å². The smallest absolute Gasteiger partial charge is 0.265 e. The molecule has 0 saturated heterocycles. The van der Waals surface area contributed by atoms with Crippen LogP contribution in [0.15, 0.2) is 66.0 Å². The first-order valence-electron chi connectivity index (χ1n) is 8.24. The van der Waals surface area contributed by atoms with Gasteiger partial charge in [0.15, 0.2) is 11.6 Å². The second-order valence-corrected chi connectivity index (χ2v) is 6.49. The largest absolute Gasteiger partial charge is 0.489 e. The number of ether oxygens (including phenoxy) is 1. The number of halogens is 1. The molecule has 0 radical (unpaired) electrons. The second-order valence-electron chi connectivity index (χ2n) is 5.54. The number of carbonyl (C=O) groups excluding carboxylic acids is 2. The first-order valence-corrected chi connectivity index (χ1v) is 9.12. The summed E-state index contributed by atoms with van der Waals surface area (Å²) in [6.07, 6.45) is 0. The number of benzene rings is 2. The van der Waals surface area contributed by atoms with Crippen molar-refractivity contribution in [1.29, 1.82) is 0 Å². The molecule has 138 valence electrons. The molecule has 0 unspecified atom stereocenters. The number of rotatable bonds is 7. The van der Waals surface area contributed by atoms with Crippen LogP contribution in [0.3, 0.4) is 0 Å². The molecule has 0 atom stereocenters. The molecule has 2 amide bonds. The van der Waals surface area contributed by atoms with Crippen LogP contribution in [0, 0.1) is 5.82 Å². The fourth-order valence-electron chi connectivity index (χ4n) is 2.29. The van der Waals surface area contributed by atoms with E-state index in [1.54, 1.807) is 42.5 Å². The zero-order valence-electron chi connectivity index (χ0n) is 14.3. The van der Waals surface area contributed by atoms with Crippen LogP contribution in [0.25, 0.3) is 0 Å². The third-order valence-electron chi connectivity index (χ3n) is 3.63. The van der Waals surface area contributed by atoms with Crippen molar-refractivity contribution >= 4 is 28.8 Å². The fourth-order valence-corrected chi connectivity index (χ4v) is 2.91. The summed E-state index contributed by atoms with van der Waals surface area (Å²) in [5.74, 6) is -0.752. The summed E-state index contributed by atoms with van der Waals surface area (Å²) in [7, 11) is 0. The lowest BCUT2D eigenvalue weighted by molar-refractivity contribution is 0.0946. The van der Waals surface area contributed by atoms with Crippen molar-refractivity contribution in [3.63, 3.8) is 0 Å². The van der Waals surface area contributed by atoms with Crippen LogP contribution in [0.2, 0.25) is 0 Å². The summed E-state index contributed by atoms with van der Waals surface area (Å²) >= 11 is 1.36. The average Bonchev–Trinajstić information content (AvgIpc) is 3.22. The van der Waals surface area contributed by atoms with Gasteiger partial charge < -0.3 is 15.4 Å². The minimum atomic E-state index is -0.441. The highest BCUT2D eigenvalue weighted by molar-refractivity contribution is 7.12. The number of amides is 2. The predicted molar refractivity (Wildman–Crippen MR) is 103 cm³/mol. The van der Waals surface area contributed by atoms with Crippen molar-refractivity contribution in [3.05, 3.63) is 82.3 Å². The van der Waals surface area contributed by atoms with E-state index >= 15 is 0 Å². The molecule has 0 saturated carbocycles. The first kappa shape index (κ1) is 18.6. The maximum atomic E-state index is 13.4. The Morgan fingerprint density at radius 2 is 1.74 bits per heavy atom. The van der Waals surface area contributed by atoms with E-state index in [2.05, 4.69) is 10.6 Å². The molecule has 2 aromatic carbocycles. The molecule has 0 spiro atoms. The van der Waals surface area contributed by atoms with Gasteiger partial charge >= 0.3 is 0 Å². The molecule has 3 rings (SSSR count). The van der Waals surface area contributed by atoms with Crippen LogP contribution in [0.1, 0.15) is 20.0 Å². The van der Waals surface area contributed by atoms with E-state index in [0.717, 1.165) is 0 Å². The molecule has 0 aliphatic rings. The highest BCUT2D eigenvalue weighted by Gasteiger charge is 2.09. The van der Waals surface area contributed by atoms with Gasteiger partial charge in [-0.2, -0.15) is 0 Å². The fraction of sp³-hybridized carbons (Fsp3) is 0.100. The SMILES string of the molecule is O=C(NCCOc1ccccc1F)c1ccc(NC(=O)c2cccs2)cc1. The Labute approximate surface area is 159 Å². The Morgan fingerprint density at radius 1 is 0.963 bits per heavy atom. The molecule has 1 heterocycles. The van der Waals surface area contributed by atoms with E-state index in [9.17, 15) is 14.0 Å². The summed E-state index contributed by atoms with van der Waals surface area (Å²) in [5, 5.41) is 7.30. The summed E-state index contributed by atoms with van der Waals surface area (Å²) in [6, 6.07) is 16.2. The van der Waals surface area contributed by atoms with E-state index in [1.165, 1.54) is 23.5 Å². The molecule has 2 N–H and O–H groups in total. The molecular weight excluding hydrogens is 367 g/mol. The standard InChI is InChI=1S/C20H17FN2O3S/c21-16-4-1-2-5-17(16)26-12-11-22-19(24)14-7-9-15(10-8-14)23-20(25)18-6-3-13-27-18/h1-10,13H,11-12H2,(H,22,24)(H,23,25). The van der Waals surface area contributed by atoms with Crippen LogP contribution in [0.5, 0.6) is 5.75 Å². The summed E-state index contributed by atoms with van der Waals surface area (Å²) < 4.78 is 18.7. The molecule has 0 fully saturated rings. The van der Waals surface area contributed by atoms with Gasteiger partial charge in [-0.3, -0.25) is 9.59 Å². The summed E-state index contributed by atoms with van der Waals surface area (Å²) in [6.45, 7) is 0.395. The molecule has 3 aromatic rings. The van der Waals surface area contributed by atoms with Crippen molar-refractivity contribution in [2.45, 2.75) is 0 Å². The molecule has 27 heavy (non-hydrogen) atoms. The first-order chi connectivity index (χ1) is 13.1. The van der Waals surface area contributed by atoms with E-state index < -0.39 is 5.82 Å². The zero-order valence-corrected chi connectivity index (χ0v) is 15.1. The van der Waals surface area contributed by atoms with Crippen LogP contribution < -0.4 is 15.4 Å². The number of anilines is 1. The Bertz CT molecular complexity index is 911. The number of nitrogens with one attached hydrogen (secondary N) is 2. The Morgan fingerprint density at radius 3 is 2.44 bits per heavy atom. The minimum absolute atomic E-state index is 0.151. The molecule has 1 aromatic heterocycles. The van der Waals surface area contributed by atoms with Gasteiger partial charge in [0, 0.05) is 11.3 Å². The van der Waals surface area contributed by atoms with Crippen molar-refractivity contribution in [3.8, 4) is 5.75 Å².